The fraction of sp³-hybridized carbons (Fsp3) is 0.923. The van der Waals surface area contributed by atoms with Crippen LogP contribution in [0.2, 0.25) is 0 Å². The highest BCUT2D eigenvalue weighted by Crippen LogP contribution is 2.22. The zero-order chi connectivity index (χ0) is 12.5. The van der Waals surface area contributed by atoms with Crippen molar-refractivity contribution in [1.82, 2.24) is 5.32 Å². The number of carbonyl (C=O) groups is 1. The van der Waals surface area contributed by atoms with E-state index in [0.717, 1.165) is 18.8 Å². The van der Waals surface area contributed by atoms with Gasteiger partial charge < -0.3 is 15.8 Å². The molecule has 0 bridgehead atoms. The third kappa shape index (κ3) is 6.64. The van der Waals surface area contributed by atoms with Crippen LogP contribution in [0.3, 0.4) is 0 Å². The number of ether oxygens (including phenoxy) is 1. The molecule has 100 valence electrons. The second-order valence-corrected chi connectivity index (χ2v) is 5.03. The first-order chi connectivity index (χ1) is 8.22. The van der Waals surface area contributed by atoms with Crippen LogP contribution in [-0.2, 0) is 9.53 Å². The van der Waals surface area contributed by atoms with Crippen molar-refractivity contribution in [3.05, 3.63) is 0 Å². The Balaban J connectivity index is 2.12. The third-order valence-corrected chi connectivity index (χ3v) is 3.36. The van der Waals surface area contributed by atoms with Crippen molar-refractivity contribution in [2.45, 2.75) is 51.5 Å². The molecule has 4 nitrogen and oxygen atoms in total. The van der Waals surface area contributed by atoms with Gasteiger partial charge in [0.25, 0.3) is 0 Å². The number of carbonyl (C=O) groups excluding carboxylic acids is 1. The van der Waals surface area contributed by atoms with Crippen molar-refractivity contribution < 1.29 is 9.53 Å². The molecule has 0 aromatic rings. The summed E-state index contributed by atoms with van der Waals surface area (Å²) in [5, 5.41) is 3.11. The number of nitrogens with two attached hydrogens (primary N) is 1. The molecule has 1 aliphatic carbocycles. The minimum Gasteiger partial charge on any atom is -0.380 e. The average molecular weight is 242 g/mol. The van der Waals surface area contributed by atoms with Crippen LogP contribution in [-0.4, -0.2) is 31.7 Å². The van der Waals surface area contributed by atoms with E-state index in [2.05, 4.69) is 12.2 Å². The summed E-state index contributed by atoms with van der Waals surface area (Å²) in [4.78, 5) is 11.6. The van der Waals surface area contributed by atoms with Crippen LogP contribution in [0.5, 0.6) is 0 Å². The van der Waals surface area contributed by atoms with Gasteiger partial charge in [-0.2, -0.15) is 0 Å². The summed E-state index contributed by atoms with van der Waals surface area (Å²) in [6.07, 6.45) is 6.46. The van der Waals surface area contributed by atoms with Crippen molar-refractivity contribution in [1.29, 1.82) is 0 Å². The monoisotopic (exact) mass is 242 g/mol. The molecule has 1 saturated carbocycles. The average Bonchev–Trinajstić information content (AvgIpc) is 2.50. The lowest BCUT2D eigenvalue weighted by molar-refractivity contribution is -0.122. The topological polar surface area (TPSA) is 64.3 Å². The lowest BCUT2D eigenvalue weighted by atomic mass is 10.0. The van der Waals surface area contributed by atoms with Crippen LogP contribution in [0, 0.1) is 5.92 Å². The summed E-state index contributed by atoms with van der Waals surface area (Å²) in [7, 11) is 0. The van der Waals surface area contributed by atoms with Crippen LogP contribution in [0.15, 0.2) is 0 Å². The van der Waals surface area contributed by atoms with Gasteiger partial charge in [-0.3, -0.25) is 4.79 Å². The molecule has 1 amide bonds. The molecule has 1 rings (SSSR count). The molecule has 3 N–H and O–H groups in total. The van der Waals surface area contributed by atoms with Gasteiger partial charge in [-0.25, -0.2) is 0 Å². The van der Waals surface area contributed by atoms with Crippen LogP contribution < -0.4 is 11.1 Å². The summed E-state index contributed by atoms with van der Waals surface area (Å²) in [6.45, 7) is 3.83. The van der Waals surface area contributed by atoms with E-state index in [-0.39, 0.29) is 5.91 Å². The van der Waals surface area contributed by atoms with Gasteiger partial charge in [0.05, 0.1) is 13.2 Å². The first kappa shape index (κ1) is 14.5. The zero-order valence-electron chi connectivity index (χ0n) is 10.9. The van der Waals surface area contributed by atoms with Gasteiger partial charge >= 0.3 is 0 Å². The van der Waals surface area contributed by atoms with Gasteiger partial charge in [0.2, 0.25) is 5.91 Å². The maximum Gasteiger partial charge on any atom is 0.222 e. The molecule has 0 saturated heterocycles. The molecule has 0 aliphatic heterocycles. The Morgan fingerprint density at radius 2 is 2.12 bits per heavy atom. The lowest BCUT2D eigenvalue weighted by Gasteiger charge is -2.16. The van der Waals surface area contributed by atoms with E-state index in [4.69, 9.17) is 10.5 Å². The Bertz CT molecular complexity index is 221. The Kier molecular flexibility index (Phi) is 7.21. The molecule has 0 spiro atoms. The second kappa shape index (κ2) is 8.48. The molecule has 0 heterocycles. The van der Waals surface area contributed by atoms with Crippen molar-refractivity contribution in [2.75, 3.05) is 19.8 Å². The van der Waals surface area contributed by atoms with Gasteiger partial charge in [-0.15, -0.1) is 0 Å². The van der Waals surface area contributed by atoms with Crippen LogP contribution in [0.4, 0.5) is 0 Å². The summed E-state index contributed by atoms with van der Waals surface area (Å²) >= 11 is 0. The van der Waals surface area contributed by atoms with Crippen LogP contribution in [0.25, 0.3) is 0 Å². The highest BCUT2D eigenvalue weighted by atomic mass is 16.5. The van der Waals surface area contributed by atoms with E-state index < -0.39 is 0 Å². The first-order valence-electron chi connectivity index (χ1n) is 6.79. The number of hydrogen-bond donors (Lipinski definition) is 2. The standard InChI is InChI=1S/C13H26N2O2/c1-11-3-2-4-12(6-5-11)15-13(16)7-9-17-10-8-14/h11-12H,2-10,14H2,1H3,(H,15,16). The molecule has 17 heavy (non-hydrogen) atoms. The molecule has 0 aromatic carbocycles. The zero-order valence-corrected chi connectivity index (χ0v) is 10.9. The summed E-state index contributed by atoms with van der Waals surface area (Å²) < 4.78 is 5.20. The number of amides is 1. The summed E-state index contributed by atoms with van der Waals surface area (Å²) in [5.41, 5.74) is 5.30. The fourth-order valence-electron chi connectivity index (χ4n) is 2.28. The Morgan fingerprint density at radius 1 is 1.29 bits per heavy atom. The molecule has 2 unspecified atom stereocenters. The number of rotatable bonds is 6. The Labute approximate surface area is 104 Å². The van der Waals surface area contributed by atoms with E-state index in [1.807, 2.05) is 0 Å². The highest BCUT2D eigenvalue weighted by Gasteiger charge is 2.17. The number of hydrogen-bond acceptors (Lipinski definition) is 3. The Morgan fingerprint density at radius 3 is 2.88 bits per heavy atom. The Hall–Kier alpha value is -0.610. The first-order valence-corrected chi connectivity index (χ1v) is 6.79. The second-order valence-electron chi connectivity index (χ2n) is 5.03. The van der Waals surface area contributed by atoms with Gasteiger partial charge in [0.1, 0.15) is 0 Å². The summed E-state index contributed by atoms with van der Waals surface area (Å²) in [6, 6.07) is 0.377. The van der Waals surface area contributed by atoms with Crippen LogP contribution in [0.1, 0.15) is 45.4 Å². The molecule has 0 radical (unpaired) electrons. The molecular weight excluding hydrogens is 216 g/mol. The van der Waals surface area contributed by atoms with Crippen molar-refractivity contribution in [3.63, 3.8) is 0 Å². The third-order valence-electron chi connectivity index (χ3n) is 3.36. The molecule has 1 fully saturated rings. The molecule has 0 aromatic heterocycles. The predicted octanol–water partition coefficient (Wildman–Crippen LogP) is 1.44. The van der Waals surface area contributed by atoms with E-state index >= 15 is 0 Å². The normalized spacial score (nSPS) is 25.3. The molecular formula is C13H26N2O2. The minimum atomic E-state index is 0.113. The number of nitrogens with one attached hydrogen (secondary N) is 1. The van der Waals surface area contributed by atoms with Gasteiger partial charge in [-0.1, -0.05) is 19.8 Å². The van der Waals surface area contributed by atoms with Gasteiger partial charge in [-0.05, 0) is 25.2 Å². The maximum atomic E-state index is 11.6. The highest BCUT2D eigenvalue weighted by molar-refractivity contribution is 5.76. The quantitative estimate of drug-likeness (QED) is 0.547. The molecule has 4 heteroatoms. The van der Waals surface area contributed by atoms with Crippen molar-refractivity contribution in [2.24, 2.45) is 11.7 Å². The molecule has 2 atom stereocenters. The van der Waals surface area contributed by atoms with Crippen molar-refractivity contribution in [3.8, 4) is 0 Å². The smallest absolute Gasteiger partial charge is 0.222 e. The SMILES string of the molecule is CC1CCCC(NC(=O)CCOCCN)CC1. The van der Waals surface area contributed by atoms with Gasteiger partial charge in [0, 0.05) is 19.0 Å². The molecule has 1 aliphatic rings. The van der Waals surface area contributed by atoms with E-state index in [0.29, 0.717) is 32.2 Å². The minimum absolute atomic E-state index is 0.113. The largest absolute Gasteiger partial charge is 0.380 e. The van der Waals surface area contributed by atoms with E-state index in [1.165, 1.54) is 19.3 Å². The van der Waals surface area contributed by atoms with Gasteiger partial charge in [0.15, 0.2) is 0 Å². The maximum absolute atomic E-state index is 11.6. The fourth-order valence-corrected chi connectivity index (χ4v) is 2.28. The van der Waals surface area contributed by atoms with E-state index in [9.17, 15) is 4.79 Å². The van der Waals surface area contributed by atoms with Crippen LogP contribution >= 0.6 is 0 Å². The predicted molar refractivity (Wildman–Crippen MR) is 68.7 cm³/mol. The summed E-state index contributed by atoms with van der Waals surface area (Å²) in [5.74, 6) is 0.923. The van der Waals surface area contributed by atoms with E-state index in [1.54, 1.807) is 0 Å². The van der Waals surface area contributed by atoms with Crippen molar-refractivity contribution >= 4 is 5.91 Å². The lowest BCUT2D eigenvalue weighted by Crippen LogP contribution is -2.35.